The third-order valence-electron chi connectivity index (χ3n) is 7.32. The zero-order chi connectivity index (χ0) is 29.1. The number of anilines is 3. The molecule has 41 heavy (non-hydrogen) atoms. The molecule has 0 amide bonds. The number of nitrogens with zero attached hydrogens (tertiary/aromatic N) is 5. The van der Waals surface area contributed by atoms with Crippen LogP contribution in [0.5, 0.6) is 0 Å². The summed E-state index contributed by atoms with van der Waals surface area (Å²) in [5.74, 6) is 0.931. The normalized spacial score (nSPS) is 16.6. The van der Waals surface area contributed by atoms with Gasteiger partial charge in [0.05, 0.1) is 22.1 Å². The van der Waals surface area contributed by atoms with E-state index in [4.69, 9.17) is 17.0 Å². The molecule has 1 aromatic carbocycles. The molecule has 0 unspecified atom stereocenters. The molecule has 0 aliphatic carbocycles. The highest BCUT2D eigenvalue weighted by Crippen LogP contribution is 2.43. The second-order valence-corrected chi connectivity index (χ2v) is 12.5. The third kappa shape index (κ3) is 6.80. The number of thiophene rings is 1. The number of methoxy groups -OCH3 is 1. The summed E-state index contributed by atoms with van der Waals surface area (Å²) in [4.78, 5) is 18.0. The van der Waals surface area contributed by atoms with Gasteiger partial charge in [-0.1, -0.05) is 19.1 Å². The summed E-state index contributed by atoms with van der Waals surface area (Å²) in [7, 11) is 3.63. The Balaban J connectivity index is 1.40. The molecule has 220 valence electrons. The number of rotatable bonds is 8. The number of alkyl halides is 3. The first-order valence-corrected chi connectivity index (χ1v) is 15.7. The molecule has 5 rings (SSSR count). The van der Waals surface area contributed by atoms with E-state index in [0.29, 0.717) is 9.87 Å². The van der Waals surface area contributed by atoms with Gasteiger partial charge in [0, 0.05) is 81.6 Å². The van der Waals surface area contributed by atoms with Gasteiger partial charge in [0.25, 0.3) is 0 Å². The number of hydrogen-bond donors (Lipinski definition) is 1. The minimum atomic E-state index is -4.59. The molecule has 2 aromatic heterocycles. The number of fused-ring (bicyclic) bond motifs is 1. The Morgan fingerprint density at radius 2 is 1.90 bits per heavy atom. The molecule has 3 aromatic rings. The number of thiocarbonyl (C=S) groups is 1. The van der Waals surface area contributed by atoms with Crippen LogP contribution in [0.25, 0.3) is 10.6 Å². The molecule has 0 atom stereocenters. The zero-order valence-electron chi connectivity index (χ0n) is 23.3. The topological polar surface area (TPSA) is 56.8 Å². The Morgan fingerprint density at radius 1 is 1.12 bits per heavy atom. The highest BCUT2D eigenvalue weighted by molar-refractivity contribution is 7.99. The number of aromatic nitrogens is 2. The molecular formula is C28H33F3N6OS3. The molecule has 2 aliphatic heterocycles. The Kier molecular flexibility index (Phi) is 9.39. The van der Waals surface area contributed by atoms with Gasteiger partial charge in [-0.05, 0) is 36.2 Å². The van der Waals surface area contributed by atoms with E-state index in [9.17, 15) is 13.2 Å². The van der Waals surface area contributed by atoms with E-state index in [2.05, 4.69) is 38.1 Å². The fourth-order valence-electron chi connectivity index (χ4n) is 4.91. The zero-order valence-corrected chi connectivity index (χ0v) is 25.7. The van der Waals surface area contributed by atoms with Crippen LogP contribution in [0.1, 0.15) is 22.9 Å². The lowest BCUT2D eigenvalue weighted by Crippen LogP contribution is -2.47. The molecule has 0 bridgehead atoms. The van der Waals surface area contributed by atoms with E-state index in [1.807, 2.05) is 24.1 Å². The number of thioether (sulfide) groups is 1. The summed E-state index contributed by atoms with van der Waals surface area (Å²) in [6, 6.07) is 7.93. The second-order valence-electron chi connectivity index (χ2n) is 9.97. The Bertz CT molecular complexity index is 1390. The maximum atomic E-state index is 14.1. The van der Waals surface area contributed by atoms with E-state index in [-0.39, 0.29) is 11.6 Å². The summed E-state index contributed by atoms with van der Waals surface area (Å²) in [5.41, 5.74) is 1.95. The van der Waals surface area contributed by atoms with Gasteiger partial charge >= 0.3 is 6.18 Å². The predicted octanol–water partition coefficient (Wildman–Crippen LogP) is 6.01. The molecule has 2 aliphatic rings. The maximum absolute atomic E-state index is 14.1. The molecule has 7 nitrogen and oxygen atoms in total. The van der Waals surface area contributed by atoms with Crippen LogP contribution in [0.2, 0.25) is 0 Å². The van der Waals surface area contributed by atoms with E-state index in [1.165, 1.54) is 11.3 Å². The highest BCUT2D eigenvalue weighted by atomic mass is 32.2. The van der Waals surface area contributed by atoms with Gasteiger partial charge in [0.15, 0.2) is 0 Å². The Morgan fingerprint density at radius 3 is 2.61 bits per heavy atom. The van der Waals surface area contributed by atoms with Gasteiger partial charge in [-0.25, -0.2) is 9.97 Å². The lowest BCUT2D eigenvalue weighted by atomic mass is 10.1. The van der Waals surface area contributed by atoms with Gasteiger partial charge in [0.1, 0.15) is 10.6 Å². The molecular weight excluding hydrogens is 590 g/mol. The number of aryl methyl sites for hydroxylation is 1. The van der Waals surface area contributed by atoms with E-state index < -0.39 is 11.7 Å². The minimum absolute atomic E-state index is 0.123. The molecule has 1 fully saturated rings. The molecule has 1 saturated heterocycles. The van der Waals surface area contributed by atoms with Gasteiger partial charge in [-0.2, -0.15) is 13.2 Å². The van der Waals surface area contributed by atoms with E-state index >= 15 is 0 Å². The lowest BCUT2D eigenvalue weighted by Gasteiger charge is -2.36. The number of benzene rings is 1. The quantitative estimate of drug-likeness (QED) is 0.305. The van der Waals surface area contributed by atoms with Crippen molar-refractivity contribution in [3.05, 3.63) is 46.5 Å². The number of piperazine rings is 1. The van der Waals surface area contributed by atoms with Gasteiger partial charge < -0.3 is 19.9 Å². The van der Waals surface area contributed by atoms with E-state index in [0.717, 1.165) is 91.0 Å². The Hall–Kier alpha value is -2.45. The van der Waals surface area contributed by atoms with E-state index in [1.54, 1.807) is 24.9 Å². The van der Waals surface area contributed by atoms with Crippen LogP contribution in [-0.4, -0.2) is 90.5 Å². The SMILES string of the molecule is CCc1cc(N2CCN(CCOC)CC2)ccc1Nc1ncc(C(F)(F)F)c(-c2cc3c(s2)C(=S)N(C)CCS3)n1. The number of nitrogens with one attached hydrogen (secondary N) is 1. The maximum Gasteiger partial charge on any atom is 0.420 e. The summed E-state index contributed by atoms with van der Waals surface area (Å²) >= 11 is 8.46. The van der Waals surface area contributed by atoms with Gasteiger partial charge in [-0.3, -0.25) is 4.90 Å². The number of ether oxygens (including phenoxy) is 1. The van der Waals surface area contributed by atoms with Crippen molar-refractivity contribution in [1.29, 1.82) is 0 Å². The first-order chi connectivity index (χ1) is 19.7. The van der Waals surface area contributed by atoms with Crippen molar-refractivity contribution in [1.82, 2.24) is 19.8 Å². The lowest BCUT2D eigenvalue weighted by molar-refractivity contribution is -0.137. The van der Waals surface area contributed by atoms with Crippen LogP contribution < -0.4 is 10.2 Å². The average molecular weight is 623 g/mol. The van der Waals surface area contributed by atoms with Crippen LogP contribution in [0.4, 0.5) is 30.5 Å². The van der Waals surface area contributed by atoms with Crippen LogP contribution >= 0.6 is 35.3 Å². The van der Waals surface area contributed by atoms with Crippen molar-refractivity contribution in [3.63, 3.8) is 0 Å². The van der Waals surface area contributed by atoms with Crippen LogP contribution in [0.15, 0.2) is 35.4 Å². The molecule has 0 saturated carbocycles. The number of hydrogen-bond acceptors (Lipinski definition) is 9. The highest BCUT2D eigenvalue weighted by Gasteiger charge is 2.36. The fraction of sp³-hybridized carbons (Fsp3) is 0.464. The van der Waals surface area contributed by atoms with Crippen LogP contribution in [0.3, 0.4) is 0 Å². The third-order valence-corrected chi connectivity index (χ3v) is 10.3. The molecule has 4 heterocycles. The standard InChI is InChI=1S/C28H33F3N6OS3/c1-4-18-15-19(37-9-7-36(8-10-37)11-13-38-3)5-6-21(18)33-27-32-17-20(28(29,30)31)24(34-27)22-16-23-25(41-22)26(39)35(2)12-14-40-23/h5-6,15-17H,4,7-14H2,1-3H3,(H,32,33,34). The smallest absolute Gasteiger partial charge is 0.383 e. The van der Waals surface area contributed by atoms with Crippen LogP contribution in [-0.2, 0) is 17.3 Å². The van der Waals surface area contributed by atoms with Crippen molar-refractivity contribution in [3.8, 4) is 10.6 Å². The second kappa shape index (κ2) is 12.8. The van der Waals surface area contributed by atoms with Gasteiger partial charge in [-0.15, -0.1) is 23.1 Å². The van der Waals surface area contributed by atoms with Gasteiger partial charge in [0.2, 0.25) is 5.95 Å². The summed E-state index contributed by atoms with van der Waals surface area (Å²) in [5, 5.41) is 3.20. The molecule has 0 spiro atoms. The average Bonchev–Trinajstić information content (AvgIpc) is 3.34. The first kappa shape index (κ1) is 30.0. The predicted molar refractivity (Wildman–Crippen MR) is 165 cm³/mol. The Labute approximate surface area is 252 Å². The van der Waals surface area contributed by atoms with Crippen LogP contribution in [0, 0.1) is 0 Å². The molecule has 13 heteroatoms. The summed E-state index contributed by atoms with van der Waals surface area (Å²) in [6.45, 7) is 8.30. The largest absolute Gasteiger partial charge is 0.420 e. The monoisotopic (exact) mass is 622 g/mol. The van der Waals surface area contributed by atoms with Crippen molar-refractivity contribution in [2.24, 2.45) is 0 Å². The molecule has 1 N–H and O–H groups in total. The summed E-state index contributed by atoms with van der Waals surface area (Å²) in [6.07, 6.45) is -2.98. The van der Waals surface area contributed by atoms with Crippen molar-refractivity contribution < 1.29 is 17.9 Å². The first-order valence-electron chi connectivity index (χ1n) is 13.5. The summed E-state index contributed by atoms with van der Waals surface area (Å²) < 4.78 is 47.4. The van der Waals surface area contributed by atoms with Crippen molar-refractivity contribution in [2.75, 3.05) is 76.0 Å². The fourth-order valence-corrected chi connectivity index (χ4v) is 7.75. The molecule has 0 radical (unpaired) electrons. The minimum Gasteiger partial charge on any atom is -0.383 e. The number of halogens is 3. The van der Waals surface area contributed by atoms with Crippen molar-refractivity contribution in [2.45, 2.75) is 24.4 Å². The van der Waals surface area contributed by atoms with Crippen molar-refractivity contribution >= 4 is 57.6 Å².